The number of fused-ring (bicyclic) bond motifs is 1. The Labute approximate surface area is 219 Å². The molecule has 5 rings (SSSR count). The minimum Gasteiger partial charge on any atom is -0.358 e. The molecule has 6 nitrogen and oxygen atoms in total. The number of aromatic amines is 1. The third kappa shape index (κ3) is 5.12. The summed E-state index contributed by atoms with van der Waals surface area (Å²) in [5.74, 6) is 0.249. The number of amides is 2. The topological polar surface area (TPSA) is 77.2 Å². The minimum absolute atomic E-state index is 0.0698. The molecule has 1 fully saturated rings. The molecule has 0 saturated carbocycles. The molecular weight excluding hydrogens is 460 g/mol. The first kappa shape index (κ1) is 25.0. The van der Waals surface area contributed by atoms with Crippen LogP contribution >= 0.6 is 0 Å². The lowest BCUT2D eigenvalue weighted by atomic mass is 9.95. The second-order valence-electron chi connectivity index (χ2n) is 10.5. The highest BCUT2D eigenvalue weighted by atomic mass is 16.2. The van der Waals surface area contributed by atoms with Crippen LogP contribution in [0.4, 0.5) is 5.69 Å². The molecule has 2 amide bonds. The van der Waals surface area contributed by atoms with Crippen molar-refractivity contribution in [3.05, 3.63) is 76.1 Å². The molecule has 37 heavy (non-hydrogen) atoms. The van der Waals surface area contributed by atoms with Crippen molar-refractivity contribution < 1.29 is 9.59 Å². The summed E-state index contributed by atoms with van der Waals surface area (Å²) in [5, 5.41) is 6.10. The Morgan fingerprint density at radius 3 is 2.59 bits per heavy atom. The number of nitrogens with one attached hydrogen (secondary N) is 3. The molecule has 2 aromatic carbocycles. The van der Waals surface area contributed by atoms with Crippen LogP contribution in [0.5, 0.6) is 0 Å². The number of aromatic nitrogens is 1. The SMILES string of the molecule is Cc1[nH]c(/C=C2\C(=O)Nc3cc(-c4cccc(C(C)C)c4)ccc32)c(C)c1C(=O)NCCN1CCCC1. The van der Waals surface area contributed by atoms with Gasteiger partial charge in [-0.3, -0.25) is 9.59 Å². The van der Waals surface area contributed by atoms with Gasteiger partial charge in [-0.25, -0.2) is 0 Å². The monoisotopic (exact) mass is 496 g/mol. The van der Waals surface area contributed by atoms with E-state index in [9.17, 15) is 9.59 Å². The van der Waals surface area contributed by atoms with Crippen molar-refractivity contribution >= 4 is 29.2 Å². The summed E-state index contributed by atoms with van der Waals surface area (Å²) in [6, 6.07) is 14.7. The molecule has 2 aliphatic heterocycles. The summed E-state index contributed by atoms with van der Waals surface area (Å²) in [6.45, 7) is 12.0. The highest BCUT2D eigenvalue weighted by Gasteiger charge is 2.26. The average molecular weight is 497 g/mol. The van der Waals surface area contributed by atoms with Crippen LogP contribution in [-0.4, -0.2) is 47.9 Å². The van der Waals surface area contributed by atoms with Gasteiger partial charge in [-0.15, -0.1) is 0 Å². The molecule has 0 atom stereocenters. The standard InChI is InChI=1S/C31H36N4O2/c1-19(2)22-8-7-9-23(16-22)24-10-11-25-26(30(36)34-28(25)17-24)18-27-20(3)29(21(4)33-27)31(37)32-12-15-35-13-5-6-14-35/h7-11,16-19,33H,5-6,12-15H2,1-4H3,(H,32,37)(H,34,36)/b26-18-. The van der Waals surface area contributed by atoms with Gasteiger partial charge >= 0.3 is 0 Å². The van der Waals surface area contributed by atoms with Crippen molar-refractivity contribution in [1.82, 2.24) is 15.2 Å². The van der Waals surface area contributed by atoms with E-state index in [1.807, 2.05) is 32.1 Å². The zero-order valence-electron chi connectivity index (χ0n) is 22.2. The first-order valence-electron chi connectivity index (χ1n) is 13.3. The van der Waals surface area contributed by atoms with E-state index in [2.05, 4.69) is 64.7 Å². The smallest absolute Gasteiger partial charge is 0.256 e. The molecule has 0 spiro atoms. The maximum Gasteiger partial charge on any atom is 0.256 e. The summed E-state index contributed by atoms with van der Waals surface area (Å²) in [7, 11) is 0. The summed E-state index contributed by atoms with van der Waals surface area (Å²) in [4.78, 5) is 31.6. The van der Waals surface area contributed by atoms with Crippen molar-refractivity contribution in [3.8, 4) is 11.1 Å². The lowest BCUT2D eigenvalue weighted by molar-refractivity contribution is -0.110. The summed E-state index contributed by atoms with van der Waals surface area (Å²) < 4.78 is 0. The normalized spacial score (nSPS) is 16.5. The molecule has 0 aliphatic carbocycles. The van der Waals surface area contributed by atoms with Crippen LogP contribution in [0, 0.1) is 13.8 Å². The number of carbonyl (C=O) groups excluding carboxylic acids is 2. The Bertz CT molecular complexity index is 1380. The van der Waals surface area contributed by atoms with E-state index in [1.54, 1.807) is 0 Å². The van der Waals surface area contributed by atoms with Gasteiger partial charge in [0.1, 0.15) is 0 Å². The van der Waals surface area contributed by atoms with Gasteiger partial charge in [0.15, 0.2) is 0 Å². The highest BCUT2D eigenvalue weighted by molar-refractivity contribution is 6.35. The number of likely N-dealkylation sites (tertiary alicyclic amines) is 1. The third-order valence-electron chi connectivity index (χ3n) is 7.59. The second-order valence-corrected chi connectivity index (χ2v) is 10.5. The number of anilines is 1. The van der Waals surface area contributed by atoms with Crippen molar-refractivity contribution in [3.63, 3.8) is 0 Å². The fourth-order valence-corrected chi connectivity index (χ4v) is 5.42. The van der Waals surface area contributed by atoms with Crippen molar-refractivity contribution in [1.29, 1.82) is 0 Å². The predicted octanol–water partition coefficient (Wildman–Crippen LogP) is 5.74. The van der Waals surface area contributed by atoms with E-state index in [-0.39, 0.29) is 11.8 Å². The van der Waals surface area contributed by atoms with E-state index >= 15 is 0 Å². The number of rotatable bonds is 7. The second kappa shape index (κ2) is 10.4. The Morgan fingerprint density at radius 2 is 1.84 bits per heavy atom. The minimum atomic E-state index is -0.133. The van der Waals surface area contributed by atoms with Crippen LogP contribution in [0.1, 0.15) is 71.0 Å². The van der Waals surface area contributed by atoms with Crippen molar-refractivity contribution in [2.75, 3.05) is 31.5 Å². The molecule has 0 radical (unpaired) electrons. The number of nitrogens with zero attached hydrogens (tertiary/aromatic N) is 1. The fraction of sp³-hybridized carbons (Fsp3) is 0.355. The predicted molar refractivity (Wildman–Crippen MR) is 151 cm³/mol. The number of benzene rings is 2. The maximum atomic E-state index is 13.0. The maximum absolute atomic E-state index is 13.0. The lowest BCUT2D eigenvalue weighted by Crippen LogP contribution is -2.33. The number of H-pyrrole nitrogens is 1. The van der Waals surface area contributed by atoms with E-state index < -0.39 is 0 Å². The number of carbonyl (C=O) groups is 2. The summed E-state index contributed by atoms with van der Waals surface area (Å²) >= 11 is 0. The van der Waals surface area contributed by atoms with Crippen LogP contribution < -0.4 is 10.6 Å². The lowest BCUT2D eigenvalue weighted by Gasteiger charge is -2.14. The van der Waals surface area contributed by atoms with Gasteiger partial charge in [0, 0.05) is 35.7 Å². The van der Waals surface area contributed by atoms with Crippen molar-refractivity contribution in [2.45, 2.75) is 46.5 Å². The van der Waals surface area contributed by atoms with Crippen LogP contribution in [0.15, 0.2) is 42.5 Å². The Balaban J connectivity index is 1.37. The van der Waals surface area contributed by atoms with Gasteiger partial charge < -0.3 is 20.5 Å². The third-order valence-corrected chi connectivity index (χ3v) is 7.59. The first-order valence-corrected chi connectivity index (χ1v) is 13.3. The van der Waals surface area contributed by atoms with Gasteiger partial charge in [-0.2, -0.15) is 0 Å². The van der Waals surface area contributed by atoms with E-state index in [4.69, 9.17) is 0 Å². The van der Waals surface area contributed by atoms with Crippen LogP contribution in [0.3, 0.4) is 0 Å². The van der Waals surface area contributed by atoms with E-state index in [1.165, 1.54) is 18.4 Å². The number of hydrogen-bond acceptors (Lipinski definition) is 3. The largest absolute Gasteiger partial charge is 0.358 e. The first-order chi connectivity index (χ1) is 17.8. The zero-order chi connectivity index (χ0) is 26.1. The van der Waals surface area contributed by atoms with Crippen LogP contribution in [-0.2, 0) is 4.79 Å². The van der Waals surface area contributed by atoms with Gasteiger partial charge in [-0.05, 0) is 80.1 Å². The van der Waals surface area contributed by atoms with Gasteiger partial charge in [0.2, 0.25) is 0 Å². The molecule has 3 heterocycles. The molecular formula is C31H36N4O2. The Hall–Kier alpha value is -3.64. The van der Waals surface area contributed by atoms with Gasteiger partial charge in [-0.1, -0.05) is 50.2 Å². The number of aryl methyl sites for hydroxylation is 1. The molecule has 1 saturated heterocycles. The molecule has 3 N–H and O–H groups in total. The van der Waals surface area contributed by atoms with Crippen molar-refractivity contribution in [2.24, 2.45) is 0 Å². The van der Waals surface area contributed by atoms with E-state index in [0.29, 0.717) is 23.6 Å². The van der Waals surface area contributed by atoms with Crippen LogP contribution in [0.25, 0.3) is 22.8 Å². The highest BCUT2D eigenvalue weighted by Crippen LogP contribution is 2.37. The molecule has 1 aromatic heterocycles. The van der Waals surface area contributed by atoms with Gasteiger partial charge in [0.05, 0.1) is 11.1 Å². The summed E-state index contributed by atoms with van der Waals surface area (Å²) in [5.41, 5.74) is 8.88. The quantitative estimate of drug-likeness (QED) is 0.365. The Morgan fingerprint density at radius 1 is 1.08 bits per heavy atom. The molecule has 0 bridgehead atoms. The van der Waals surface area contributed by atoms with E-state index in [0.717, 1.165) is 59.0 Å². The average Bonchev–Trinajstić information content (AvgIpc) is 3.57. The zero-order valence-corrected chi connectivity index (χ0v) is 22.2. The molecule has 192 valence electrons. The fourth-order valence-electron chi connectivity index (χ4n) is 5.42. The Kier molecular flexibility index (Phi) is 7.02. The van der Waals surface area contributed by atoms with Crippen LogP contribution in [0.2, 0.25) is 0 Å². The molecule has 2 aliphatic rings. The number of hydrogen-bond donors (Lipinski definition) is 3. The molecule has 6 heteroatoms. The molecule has 0 unspecified atom stereocenters. The van der Waals surface area contributed by atoms with Gasteiger partial charge in [0.25, 0.3) is 11.8 Å². The summed E-state index contributed by atoms with van der Waals surface area (Å²) in [6.07, 6.45) is 4.35. The molecule has 3 aromatic rings.